The fourth-order valence-corrected chi connectivity index (χ4v) is 4.31. The Bertz CT molecular complexity index is 1220. The van der Waals surface area contributed by atoms with Crippen molar-refractivity contribution in [2.75, 3.05) is 12.4 Å². The van der Waals surface area contributed by atoms with Gasteiger partial charge in [0.2, 0.25) is 0 Å². The van der Waals surface area contributed by atoms with Crippen molar-refractivity contribution in [2.24, 2.45) is 4.40 Å². The molecular formula is C19H13N2O5S-. The maximum absolute atomic E-state index is 13.0. The van der Waals surface area contributed by atoms with Gasteiger partial charge in [-0.15, -0.1) is 0 Å². The number of ether oxygens (including phenoxy) is 1. The van der Waals surface area contributed by atoms with Gasteiger partial charge in [-0.2, -0.15) is 12.8 Å². The number of methoxy groups -OCH3 is 1. The topological polar surface area (TPSA) is 108 Å². The van der Waals surface area contributed by atoms with E-state index >= 15 is 0 Å². The number of rotatable bonds is 3. The molecule has 8 heteroatoms. The minimum absolute atomic E-state index is 0.0122. The number of hydrogen-bond acceptors (Lipinski definition) is 5. The van der Waals surface area contributed by atoms with Gasteiger partial charge in [0, 0.05) is 27.6 Å². The summed E-state index contributed by atoms with van der Waals surface area (Å²) in [7, 11) is -2.94. The maximum atomic E-state index is 13.0. The fourth-order valence-electron chi connectivity index (χ4n) is 3.10. The number of carbonyl (C=O) groups is 1. The zero-order chi connectivity index (χ0) is 19.2. The molecule has 7 nitrogen and oxygen atoms in total. The van der Waals surface area contributed by atoms with Crippen LogP contribution in [0.15, 0.2) is 75.4 Å². The van der Waals surface area contributed by atoms with Crippen LogP contribution >= 0.6 is 0 Å². The normalized spacial score (nSPS) is 18.9. The van der Waals surface area contributed by atoms with Crippen molar-refractivity contribution >= 4 is 38.1 Å². The SMILES string of the molecule is COC([O-])=C1C=CC=CC1=NS(=O)(=O)c1ccc2c3c(cccc13)C(=O)N2. The molecule has 0 spiro atoms. The van der Waals surface area contributed by atoms with Gasteiger partial charge in [-0.05, 0) is 31.4 Å². The summed E-state index contributed by atoms with van der Waals surface area (Å²) in [6, 6.07) is 7.80. The van der Waals surface area contributed by atoms with Gasteiger partial charge in [-0.3, -0.25) is 4.79 Å². The van der Waals surface area contributed by atoms with E-state index in [4.69, 9.17) is 0 Å². The molecule has 0 bridgehead atoms. The van der Waals surface area contributed by atoms with E-state index in [2.05, 4.69) is 14.5 Å². The second-order valence-electron chi connectivity index (χ2n) is 5.87. The number of hydrogen-bond donors (Lipinski definition) is 1. The molecule has 0 atom stereocenters. The van der Waals surface area contributed by atoms with Gasteiger partial charge in [0.15, 0.2) is 0 Å². The van der Waals surface area contributed by atoms with E-state index in [1.165, 1.54) is 31.4 Å². The highest BCUT2D eigenvalue weighted by Crippen LogP contribution is 2.37. The zero-order valence-corrected chi connectivity index (χ0v) is 14.9. The van der Waals surface area contributed by atoms with Crippen molar-refractivity contribution in [1.82, 2.24) is 0 Å². The number of amides is 1. The zero-order valence-electron chi connectivity index (χ0n) is 14.1. The van der Waals surface area contributed by atoms with Gasteiger partial charge in [-0.1, -0.05) is 30.4 Å². The quantitative estimate of drug-likeness (QED) is 0.817. The second kappa shape index (κ2) is 6.10. The standard InChI is InChI=1S/C19H14N2O5S/c1-26-19(23)11-5-2-3-8-14(11)21-27(24,25)16-10-9-15-17-12(16)6-4-7-13(17)18(22)20-15/h2-10,23H,1H3,(H,20,22)/p-1. The number of carbonyl (C=O) groups excluding carboxylic acids is 1. The van der Waals surface area contributed by atoms with Crippen LogP contribution < -0.4 is 10.4 Å². The van der Waals surface area contributed by atoms with E-state index in [0.29, 0.717) is 22.0 Å². The molecule has 1 amide bonds. The molecule has 4 rings (SSSR count). The Balaban J connectivity index is 1.92. The molecule has 0 radical (unpaired) electrons. The van der Waals surface area contributed by atoms with Gasteiger partial charge in [0.05, 0.1) is 16.6 Å². The number of benzene rings is 2. The molecule has 1 heterocycles. The van der Waals surface area contributed by atoms with E-state index in [-0.39, 0.29) is 22.1 Å². The molecule has 0 unspecified atom stereocenters. The highest BCUT2D eigenvalue weighted by Gasteiger charge is 2.26. The van der Waals surface area contributed by atoms with E-state index in [9.17, 15) is 18.3 Å². The fraction of sp³-hybridized carbons (Fsp3) is 0.0526. The van der Waals surface area contributed by atoms with Crippen LogP contribution in [-0.4, -0.2) is 27.1 Å². The molecule has 0 aromatic heterocycles. The minimum atomic E-state index is -4.15. The lowest BCUT2D eigenvalue weighted by molar-refractivity contribution is -0.354. The van der Waals surface area contributed by atoms with Crippen LogP contribution in [0.4, 0.5) is 5.69 Å². The van der Waals surface area contributed by atoms with Crippen LogP contribution in [0.2, 0.25) is 0 Å². The summed E-state index contributed by atoms with van der Waals surface area (Å²) in [6.07, 6.45) is 6.04. The van der Waals surface area contributed by atoms with Crippen molar-refractivity contribution in [2.45, 2.75) is 4.90 Å². The van der Waals surface area contributed by atoms with Gasteiger partial charge >= 0.3 is 0 Å². The van der Waals surface area contributed by atoms with Crippen molar-refractivity contribution < 1.29 is 23.1 Å². The smallest absolute Gasteiger partial charge is 0.283 e. The maximum Gasteiger partial charge on any atom is 0.283 e. The van der Waals surface area contributed by atoms with Gasteiger partial charge in [-0.25, -0.2) is 0 Å². The Kier molecular flexibility index (Phi) is 3.85. The first-order chi connectivity index (χ1) is 12.9. The average molecular weight is 381 g/mol. The number of anilines is 1. The molecule has 0 saturated carbocycles. The summed E-state index contributed by atoms with van der Waals surface area (Å²) in [5, 5.41) is 15.5. The van der Waals surface area contributed by atoms with Gasteiger partial charge in [0.1, 0.15) is 0 Å². The molecule has 2 aromatic rings. The summed E-state index contributed by atoms with van der Waals surface area (Å²) in [5.41, 5.74) is 1.00. The van der Waals surface area contributed by atoms with Crippen molar-refractivity contribution in [3.8, 4) is 0 Å². The van der Waals surface area contributed by atoms with Gasteiger partial charge in [0.25, 0.3) is 15.9 Å². The summed E-state index contributed by atoms with van der Waals surface area (Å²) in [4.78, 5) is 12.0. The first kappa shape index (κ1) is 17.0. The van der Waals surface area contributed by atoms with E-state index in [1.807, 2.05) is 0 Å². The van der Waals surface area contributed by atoms with Crippen molar-refractivity contribution in [3.05, 3.63) is 71.7 Å². The van der Waals surface area contributed by atoms with Crippen molar-refractivity contribution in [3.63, 3.8) is 0 Å². The molecular weight excluding hydrogens is 368 g/mol. The largest absolute Gasteiger partial charge is 0.616 e. The summed E-state index contributed by atoms with van der Waals surface area (Å²) in [5.74, 6) is -0.960. The second-order valence-corrected chi connectivity index (χ2v) is 7.44. The highest BCUT2D eigenvalue weighted by molar-refractivity contribution is 7.90. The Morgan fingerprint density at radius 3 is 2.70 bits per heavy atom. The van der Waals surface area contributed by atoms with Crippen LogP contribution in [0.5, 0.6) is 0 Å². The van der Waals surface area contributed by atoms with E-state index in [0.717, 1.165) is 0 Å². The summed E-state index contributed by atoms with van der Waals surface area (Å²) >= 11 is 0. The Morgan fingerprint density at radius 2 is 1.93 bits per heavy atom. The number of nitrogens with zero attached hydrogens (tertiary/aromatic N) is 1. The average Bonchev–Trinajstić information content (AvgIpc) is 2.99. The lowest BCUT2D eigenvalue weighted by Crippen LogP contribution is -2.16. The van der Waals surface area contributed by atoms with Crippen LogP contribution in [0.1, 0.15) is 10.4 Å². The molecule has 1 aliphatic heterocycles. The van der Waals surface area contributed by atoms with Crippen molar-refractivity contribution in [1.29, 1.82) is 0 Å². The summed E-state index contributed by atoms with van der Waals surface area (Å²) in [6.45, 7) is 0. The number of allylic oxidation sites excluding steroid dienone is 5. The van der Waals surface area contributed by atoms with Crippen LogP contribution in [-0.2, 0) is 14.8 Å². The van der Waals surface area contributed by atoms with Crippen LogP contribution in [0.3, 0.4) is 0 Å². The molecule has 0 saturated heterocycles. The van der Waals surface area contributed by atoms with Gasteiger partial charge < -0.3 is 15.2 Å². The minimum Gasteiger partial charge on any atom is -0.616 e. The summed E-state index contributed by atoms with van der Waals surface area (Å²) < 4.78 is 34.5. The number of nitrogens with one attached hydrogen (secondary N) is 1. The monoisotopic (exact) mass is 381 g/mol. The molecule has 2 aliphatic rings. The third-order valence-corrected chi connectivity index (χ3v) is 5.65. The first-order valence-electron chi connectivity index (χ1n) is 7.95. The predicted octanol–water partition coefficient (Wildman–Crippen LogP) is 1.88. The molecule has 136 valence electrons. The molecule has 2 aromatic carbocycles. The molecule has 27 heavy (non-hydrogen) atoms. The lowest BCUT2D eigenvalue weighted by atomic mass is 10.1. The van der Waals surface area contributed by atoms with Crippen LogP contribution in [0.25, 0.3) is 10.8 Å². The Labute approximate surface area is 155 Å². The first-order valence-corrected chi connectivity index (χ1v) is 9.39. The molecule has 1 aliphatic carbocycles. The van der Waals surface area contributed by atoms with Crippen LogP contribution in [0, 0.1) is 0 Å². The predicted molar refractivity (Wildman–Crippen MR) is 98.8 cm³/mol. The third-order valence-electron chi connectivity index (χ3n) is 4.30. The highest BCUT2D eigenvalue weighted by atomic mass is 32.2. The molecule has 1 N–H and O–H groups in total. The van der Waals surface area contributed by atoms with E-state index in [1.54, 1.807) is 30.4 Å². The number of sulfonamides is 1. The third kappa shape index (κ3) is 2.70. The lowest BCUT2D eigenvalue weighted by Gasteiger charge is -2.16. The molecule has 0 fully saturated rings. The Hall–Kier alpha value is -3.39. The van der Waals surface area contributed by atoms with E-state index < -0.39 is 16.0 Å². The Morgan fingerprint density at radius 1 is 1.15 bits per heavy atom.